The van der Waals surface area contributed by atoms with Crippen LogP contribution in [0.1, 0.15) is 42.6 Å². The number of carbonyl (C=O) groups is 2. The number of hydrogen-bond donors (Lipinski definition) is 2. The minimum Gasteiger partial charge on any atom is -0.451 e. The van der Waals surface area contributed by atoms with Crippen LogP contribution in [0.2, 0.25) is 0 Å². The van der Waals surface area contributed by atoms with E-state index in [-0.39, 0.29) is 0 Å². The summed E-state index contributed by atoms with van der Waals surface area (Å²) in [5, 5.41) is 13.0. The molecule has 0 radical (unpaired) electrons. The van der Waals surface area contributed by atoms with Crippen LogP contribution in [0.5, 0.6) is 0 Å². The van der Waals surface area contributed by atoms with E-state index in [0.29, 0.717) is 18.5 Å². The van der Waals surface area contributed by atoms with Crippen LogP contribution in [0.15, 0.2) is 30.3 Å². The van der Waals surface area contributed by atoms with Crippen molar-refractivity contribution in [1.29, 1.82) is 5.26 Å². The maximum Gasteiger partial charge on any atom is 0.355 e. The maximum absolute atomic E-state index is 12.1. The SMILES string of the molecule is N#CC1(NC(=O)COC(=O)c2cc3ccccc3[nH]2)CCCCC1. The average molecular weight is 325 g/mol. The molecule has 3 rings (SSSR count). The standard InChI is InChI=1S/C18H19N3O3/c19-12-18(8-4-1-5-9-18)21-16(22)11-24-17(23)15-10-13-6-2-3-7-14(13)20-15/h2-3,6-7,10,20H,1,4-5,8-9,11H2,(H,21,22). The van der Waals surface area contributed by atoms with Gasteiger partial charge in [-0.05, 0) is 25.0 Å². The molecule has 1 aromatic carbocycles. The Morgan fingerprint density at radius 2 is 2.00 bits per heavy atom. The molecular weight excluding hydrogens is 306 g/mol. The third-order valence-electron chi connectivity index (χ3n) is 4.38. The molecule has 24 heavy (non-hydrogen) atoms. The average Bonchev–Trinajstić information content (AvgIpc) is 3.04. The highest BCUT2D eigenvalue weighted by molar-refractivity contribution is 5.95. The number of para-hydroxylation sites is 1. The number of aromatic nitrogens is 1. The lowest BCUT2D eigenvalue weighted by molar-refractivity contribution is -0.125. The van der Waals surface area contributed by atoms with E-state index < -0.39 is 24.0 Å². The molecule has 124 valence electrons. The van der Waals surface area contributed by atoms with E-state index in [1.807, 2.05) is 24.3 Å². The molecule has 1 aliphatic carbocycles. The van der Waals surface area contributed by atoms with Gasteiger partial charge in [-0.3, -0.25) is 4.79 Å². The number of fused-ring (bicyclic) bond motifs is 1. The Kier molecular flexibility index (Phi) is 4.52. The summed E-state index contributed by atoms with van der Waals surface area (Å²) in [7, 11) is 0. The van der Waals surface area contributed by atoms with Gasteiger partial charge in [0.2, 0.25) is 0 Å². The first-order chi connectivity index (χ1) is 11.6. The number of hydrogen-bond acceptors (Lipinski definition) is 4. The molecule has 6 heteroatoms. The molecule has 1 amide bonds. The quantitative estimate of drug-likeness (QED) is 0.845. The lowest BCUT2D eigenvalue weighted by Gasteiger charge is -2.31. The Morgan fingerprint density at radius 1 is 1.25 bits per heavy atom. The number of aromatic amines is 1. The number of carbonyl (C=O) groups excluding carboxylic acids is 2. The van der Waals surface area contributed by atoms with Crippen molar-refractivity contribution in [3.63, 3.8) is 0 Å². The van der Waals surface area contributed by atoms with Crippen molar-refractivity contribution in [2.24, 2.45) is 0 Å². The summed E-state index contributed by atoms with van der Waals surface area (Å²) in [6.45, 7) is -0.391. The van der Waals surface area contributed by atoms with Crippen molar-refractivity contribution in [2.45, 2.75) is 37.6 Å². The van der Waals surface area contributed by atoms with Crippen molar-refractivity contribution < 1.29 is 14.3 Å². The molecule has 6 nitrogen and oxygen atoms in total. The zero-order valence-corrected chi connectivity index (χ0v) is 13.3. The van der Waals surface area contributed by atoms with Crippen molar-refractivity contribution in [2.75, 3.05) is 6.61 Å². The number of nitrogens with one attached hydrogen (secondary N) is 2. The highest BCUT2D eigenvalue weighted by Crippen LogP contribution is 2.27. The topological polar surface area (TPSA) is 95.0 Å². The zero-order valence-electron chi connectivity index (χ0n) is 13.3. The Bertz CT molecular complexity index is 764. The monoisotopic (exact) mass is 325 g/mol. The third kappa shape index (κ3) is 3.40. The fourth-order valence-electron chi connectivity index (χ4n) is 3.12. The highest BCUT2D eigenvalue weighted by atomic mass is 16.5. The summed E-state index contributed by atoms with van der Waals surface area (Å²) < 4.78 is 5.06. The molecular formula is C18H19N3O3. The summed E-state index contributed by atoms with van der Waals surface area (Å²) in [5.41, 5.74) is 0.319. The summed E-state index contributed by atoms with van der Waals surface area (Å²) in [4.78, 5) is 27.1. The van der Waals surface area contributed by atoms with E-state index in [2.05, 4.69) is 16.4 Å². The van der Waals surface area contributed by atoms with Gasteiger partial charge < -0.3 is 15.0 Å². The van der Waals surface area contributed by atoms with Gasteiger partial charge in [-0.15, -0.1) is 0 Å². The number of benzene rings is 1. The lowest BCUT2D eigenvalue weighted by Crippen LogP contribution is -2.50. The molecule has 2 N–H and O–H groups in total. The van der Waals surface area contributed by atoms with E-state index in [1.165, 1.54) is 0 Å². The number of H-pyrrole nitrogens is 1. The first-order valence-electron chi connectivity index (χ1n) is 8.09. The van der Waals surface area contributed by atoms with Crippen LogP contribution in [0, 0.1) is 11.3 Å². The molecule has 1 aromatic heterocycles. The summed E-state index contributed by atoms with van der Waals surface area (Å²) in [6, 6.07) is 11.4. The first kappa shape index (κ1) is 16.1. The van der Waals surface area contributed by atoms with Crippen LogP contribution in [-0.2, 0) is 9.53 Å². The minimum atomic E-state index is -0.817. The molecule has 2 aromatic rings. The number of rotatable bonds is 4. The van der Waals surface area contributed by atoms with Gasteiger partial charge in [0, 0.05) is 10.9 Å². The van der Waals surface area contributed by atoms with Gasteiger partial charge in [0.05, 0.1) is 6.07 Å². The van der Waals surface area contributed by atoms with E-state index in [9.17, 15) is 14.9 Å². The van der Waals surface area contributed by atoms with Crippen molar-refractivity contribution in [1.82, 2.24) is 10.3 Å². The third-order valence-corrected chi connectivity index (χ3v) is 4.38. The maximum atomic E-state index is 12.1. The summed E-state index contributed by atoms with van der Waals surface area (Å²) >= 11 is 0. The number of ether oxygens (including phenoxy) is 1. The van der Waals surface area contributed by atoms with Crippen molar-refractivity contribution >= 4 is 22.8 Å². The summed E-state index contributed by atoms with van der Waals surface area (Å²) in [5.74, 6) is -1.03. The molecule has 1 aliphatic rings. The number of nitriles is 1. The van der Waals surface area contributed by atoms with Gasteiger partial charge in [0.1, 0.15) is 11.2 Å². The fraction of sp³-hybridized carbons (Fsp3) is 0.389. The Labute approximate surface area is 139 Å². The van der Waals surface area contributed by atoms with Gasteiger partial charge in [-0.2, -0.15) is 5.26 Å². The second-order valence-electron chi connectivity index (χ2n) is 6.15. The highest BCUT2D eigenvalue weighted by Gasteiger charge is 2.33. The minimum absolute atomic E-state index is 0.302. The second kappa shape index (κ2) is 6.75. The Morgan fingerprint density at radius 3 is 2.71 bits per heavy atom. The van der Waals surface area contributed by atoms with Crippen LogP contribution < -0.4 is 5.32 Å². The fourth-order valence-corrected chi connectivity index (χ4v) is 3.12. The smallest absolute Gasteiger partial charge is 0.355 e. The van der Waals surface area contributed by atoms with Gasteiger partial charge in [-0.1, -0.05) is 37.5 Å². The van der Waals surface area contributed by atoms with Crippen LogP contribution in [0.3, 0.4) is 0 Å². The lowest BCUT2D eigenvalue weighted by atomic mass is 9.83. The van der Waals surface area contributed by atoms with E-state index >= 15 is 0 Å². The van der Waals surface area contributed by atoms with Crippen molar-refractivity contribution in [3.8, 4) is 6.07 Å². The molecule has 0 saturated heterocycles. The first-order valence-corrected chi connectivity index (χ1v) is 8.09. The number of amides is 1. The normalized spacial score (nSPS) is 16.3. The number of esters is 1. The van der Waals surface area contributed by atoms with Gasteiger partial charge in [0.15, 0.2) is 6.61 Å². The molecule has 1 heterocycles. The predicted molar refractivity (Wildman–Crippen MR) is 88.2 cm³/mol. The van der Waals surface area contributed by atoms with E-state index in [0.717, 1.165) is 30.2 Å². The van der Waals surface area contributed by atoms with Crippen LogP contribution in [0.25, 0.3) is 10.9 Å². The molecule has 0 spiro atoms. The molecule has 0 bridgehead atoms. The molecule has 0 atom stereocenters. The van der Waals surface area contributed by atoms with E-state index in [4.69, 9.17) is 4.74 Å². The van der Waals surface area contributed by atoms with Gasteiger partial charge >= 0.3 is 5.97 Å². The summed E-state index contributed by atoms with van der Waals surface area (Å²) in [6.07, 6.45) is 4.20. The van der Waals surface area contributed by atoms with Gasteiger partial charge in [0.25, 0.3) is 5.91 Å². The molecule has 0 unspecified atom stereocenters. The molecule has 1 saturated carbocycles. The van der Waals surface area contributed by atoms with Crippen molar-refractivity contribution in [3.05, 3.63) is 36.0 Å². The number of nitrogens with zero attached hydrogens (tertiary/aromatic N) is 1. The Hall–Kier alpha value is -2.81. The van der Waals surface area contributed by atoms with Crippen LogP contribution in [0.4, 0.5) is 0 Å². The zero-order chi connectivity index (χ0) is 17.0. The van der Waals surface area contributed by atoms with Crippen LogP contribution >= 0.6 is 0 Å². The van der Waals surface area contributed by atoms with E-state index in [1.54, 1.807) is 6.07 Å². The molecule has 1 fully saturated rings. The van der Waals surface area contributed by atoms with Crippen LogP contribution in [-0.4, -0.2) is 29.0 Å². The second-order valence-corrected chi connectivity index (χ2v) is 6.15. The molecule has 0 aliphatic heterocycles. The van der Waals surface area contributed by atoms with Gasteiger partial charge in [-0.25, -0.2) is 4.79 Å². The Balaban J connectivity index is 1.57. The largest absolute Gasteiger partial charge is 0.451 e. The predicted octanol–water partition coefficient (Wildman–Crippen LogP) is 2.67.